The first-order valence-corrected chi connectivity index (χ1v) is 5.05. The van der Waals surface area contributed by atoms with E-state index >= 15 is 0 Å². The maximum absolute atomic E-state index is 11.2. The second-order valence-corrected chi connectivity index (χ2v) is 3.21. The summed E-state index contributed by atoms with van der Waals surface area (Å²) in [5, 5.41) is 0. The number of carbonyl (C=O) groups is 1. The molecule has 0 radical (unpaired) electrons. The van der Waals surface area contributed by atoms with Gasteiger partial charge in [0.25, 0.3) is 0 Å². The molecule has 15 heavy (non-hydrogen) atoms. The number of ketones is 1. The highest BCUT2D eigenvalue weighted by Gasteiger charge is 2.09. The summed E-state index contributed by atoms with van der Waals surface area (Å²) in [5.74, 6) is 1.14. The molecule has 0 amide bonds. The molecule has 5 heteroatoms. The van der Waals surface area contributed by atoms with Gasteiger partial charge in [0.1, 0.15) is 5.78 Å². The lowest BCUT2D eigenvalue weighted by Crippen LogP contribution is -2.06. The summed E-state index contributed by atoms with van der Waals surface area (Å²) < 4.78 is 10.0. The maximum Gasteiger partial charge on any atom is 0.220 e. The van der Waals surface area contributed by atoms with Gasteiger partial charge in [0, 0.05) is 23.8 Å². The molecule has 0 spiro atoms. The third kappa shape index (κ3) is 3.13. The van der Waals surface area contributed by atoms with Gasteiger partial charge in [-0.2, -0.15) is 17.6 Å². The monoisotopic (exact) mass is 227 g/mol. The van der Waals surface area contributed by atoms with Crippen LogP contribution in [0.2, 0.25) is 0 Å². The Balaban J connectivity index is 2.92. The molecular formula is C10H13NO3S. The standard InChI is InChI=1S/C10H13NO3S/c1-13-9-4-3-7(5-8(12)6-15)10(11-9)14-2/h3-4,15H,5-6H2,1-2H3. The molecule has 0 saturated heterocycles. The van der Waals surface area contributed by atoms with E-state index in [-0.39, 0.29) is 18.0 Å². The first-order valence-electron chi connectivity index (χ1n) is 4.41. The fraction of sp³-hybridized carbons (Fsp3) is 0.400. The van der Waals surface area contributed by atoms with E-state index in [0.717, 1.165) is 5.56 Å². The van der Waals surface area contributed by atoms with Gasteiger partial charge in [0.15, 0.2) is 0 Å². The van der Waals surface area contributed by atoms with Crippen LogP contribution in [0.15, 0.2) is 12.1 Å². The number of pyridine rings is 1. The van der Waals surface area contributed by atoms with E-state index in [4.69, 9.17) is 9.47 Å². The van der Waals surface area contributed by atoms with Gasteiger partial charge in [0.05, 0.1) is 14.2 Å². The zero-order valence-corrected chi connectivity index (χ0v) is 9.58. The largest absolute Gasteiger partial charge is 0.481 e. The van der Waals surface area contributed by atoms with E-state index in [0.29, 0.717) is 11.8 Å². The second kappa shape index (κ2) is 5.60. The number of methoxy groups -OCH3 is 2. The lowest BCUT2D eigenvalue weighted by atomic mass is 10.1. The Morgan fingerprint density at radius 1 is 1.40 bits per heavy atom. The van der Waals surface area contributed by atoms with Crippen molar-refractivity contribution < 1.29 is 14.3 Å². The summed E-state index contributed by atoms with van der Waals surface area (Å²) in [7, 11) is 3.04. The number of ether oxygens (including phenoxy) is 2. The number of Topliss-reactive ketones (excluding diaryl/α,β-unsaturated/α-hetero) is 1. The van der Waals surface area contributed by atoms with Crippen molar-refractivity contribution in [1.29, 1.82) is 0 Å². The van der Waals surface area contributed by atoms with Crippen LogP contribution >= 0.6 is 12.6 Å². The molecule has 0 unspecified atom stereocenters. The number of hydrogen-bond acceptors (Lipinski definition) is 5. The molecule has 1 heterocycles. The van der Waals surface area contributed by atoms with Gasteiger partial charge in [-0.1, -0.05) is 0 Å². The highest BCUT2D eigenvalue weighted by atomic mass is 32.1. The first-order chi connectivity index (χ1) is 7.21. The summed E-state index contributed by atoms with van der Waals surface area (Å²) in [6.45, 7) is 0. The van der Waals surface area contributed by atoms with E-state index < -0.39 is 0 Å². The molecule has 1 aromatic rings. The van der Waals surface area contributed by atoms with Crippen LogP contribution in [0.25, 0.3) is 0 Å². The van der Waals surface area contributed by atoms with Crippen LogP contribution in [-0.2, 0) is 11.2 Å². The van der Waals surface area contributed by atoms with E-state index in [9.17, 15) is 4.79 Å². The average Bonchev–Trinajstić information content (AvgIpc) is 2.29. The van der Waals surface area contributed by atoms with E-state index in [1.807, 2.05) is 0 Å². The van der Waals surface area contributed by atoms with Gasteiger partial charge in [-0.05, 0) is 6.07 Å². The topological polar surface area (TPSA) is 48.4 Å². The zero-order chi connectivity index (χ0) is 11.3. The van der Waals surface area contributed by atoms with Crippen molar-refractivity contribution in [1.82, 2.24) is 4.98 Å². The number of carbonyl (C=O) groups excluding carboxylic acids is 1. The summed E-state index contributed by atoms with van der Waals surface area (Å²) >= 11 is 3.91. The molecule has 0 aliphatic carbocycles. The van der Waals surface area contributed by atoms with E-state index in [2.05, 4.69) is 17.6 Å². The highest BCUT2D eigenvalue weighted by Crippen LogP contribution is 2.20. The van der Waals surface area contributed by atoms with Crippen molar-refractivity contribution in [3.05, 3.63) is 17.7 Å². The van der Waals surface area contributed by atoms with Crippen molar-refractivity contribution >= 4 is 18.4 Å². The Morgan fingerprint density at radius 2 is 2.13 bits per heavy atom. The summed E-state index contributed by atoms with van der Waals surface area (Å²) in [5.41, 5.74) is 0.748. The normalized spacial score (nSPS) is 9.80. The van der Waals surface area contributed by atoms with Gasteiger partial charge in [-0.15, -0.1) is 0 Å². The van der Waals surface area contributed by atoms with Crippen LogP contribution in [0.4, 0.5) is 0 Å². The van der Waals surface area contributed by atoms with Crippen LogP contribution in [0.3, 0.4) is 0 Å². The molecule has 0 saturated carbocycles. The number of thiol groups is 1. The predicted octanol–water partition coefficient (Wildman–Crippen LogP) is 1.14. The zero-order valence-electron chi connectivity index (χ0n) is 8.69. The van der Waals surface area contributed by atoms with E-state index in [1.165, 1.54) is 14.2 Å². The molecule has 82 valence electrons. The average molecular weight is 227 g/mol. The van der Waals surface area contributed by atoms with Crippen molar-refractivity contribution in [2.75, 3.05) is 20.0 Å². The van der Waals surface area contributed by atoms with Gasteiger partial charge in [0.2, 0.25) is 11.8 Å². The SMILES string of the molecule is COc1ccc(CC(=O)CS)c(OC)n1. The van der Waals surface area contributed by atoms with Crippen LogP contribution in [0.5, 0.6) is 11.8 Å². The highest BCUT2D eigenvalue weighted by molar-refractivity contribution is 7.81. The summed E-state index contributed by atoms with van der Waals surface area (Å²) in [6, 6.07) is 3.47. The third-order valence-corrected chi connectivity index (χ3v) is 2.23. The third-order valence-electron chi connectivity index (χ3n) is 1.88. The van der Waals surface area contributed by atoms with Gasteiger partial charge in [-0.25, -0.2) is 0 Å². The Bertz CT molecular complexity index is 355. The molecule has 0 aliphatic rings. The molecule has 4 nitrogen and oxygen atoms in total. The van der Waals surface area contributed by atoms with Gasteiger partial charge < -0.3 is 9.47 Å². The van der Waals surface area contributed by atoms with Crippen LogP contribution in [0, 0.1) is 0 Å². The lowest BCUT2D eigenvalue weighted by molar-refractivity contribution is -0.116. The molecule has 0 N–H and O–H groups in total. The molecule has 0 fully saturated rings. The Hall–Kier alpha value is -1.23. The fourth-order valence-corrected chi connectivity index (χ4v) is 1.26. The molecule has 1 rings (SSSR count). The minimum absolute atomic E-state index is 0.0311. The number of hydrogen-bond donors (Lipinski definition) is 1. The Labute approximate surface area is 94.0 Å². The molecule has 0 bridgehead atoms. The molecule has 0 aromatic carbocycles. The van der Waals surface area contributed by atoms with Crippen LogP contribution < -0.4 is 9.47 Å². The second-order valence-electron chi connectivity index (χ2n) is 2.90. The minimum atomic E-state index is 0.0311. The quantitative estimate of drug-likeness (QED) is 0.766. The maximum atomic E-state index is 11.2. The smallest absolute Gasteiger partial charge is 0.220 e. The van der Waals surface area contributed by atoms with Crippen molar-refractivity contribution in [3.8, 4) is 11.8 Å². The molecule has 0 aliphatic heterocycles. The number of nitrogens with zero attached hydrogens (tertiary/aromatic N) is 1. The molecule has 0 atom stereocenters. The van der Waals surface area contributed by atoms with Gasteiger partial charge >= 0.3 is 0 Å². The first kappa shape index (κ1) is 11.8. The Kier molecular flexibility index (Phi) is 4.42. The number of aromatic nitrogens is 1. The molecule has 1 aromatic heterocycles. The number of rotatable bonds is 5. The predicted molar refractivity (Wildman–Crippen MR) is 59.9 cm³/mol. The molecular weight excluding hydrogens is 214 g/mol. The van der Waals surface area contributed by atoms with Crippen molar-refractivity contribution in [2.45, 2.75) is 6.42 Å². The lowest BCUT2D eigenvalue weighted by Gasteiger charge is -2.07. The van der Waals surface area contributed by atoms with E-state index in [1.54, 1.807) is 12.1 Å². The van der Waals surface area contributed by atoms with Crippen molar-refractivity contribution in [3.63, 3.8) is 0 Å². The van der Waals surface area contributed by atoms with Crippen LogP contribution in [0.1, 0.15) is 5.56 Å². The van der Waals surface area contributed by atoms with Crippen LogP contribution in [-0.4, -0.2) is 30.7 Å². The fourth-order valence-electron chi connectivity index (χ4n) is 1.15. The van der Waals surface area contributed by atoms with Gasteiger partial charge in [-0.3, -0.25) is 4.79 Å². The minimum Gasteiger partial charge on any atom is -0.481 e. The Morgan fingerprint density at radius 3 is 2.67 bits per heavy atom. The summed E-state index contributed by atoms with van der Waals surface area (Å²) in [6.07, 6.45) is 0.281. The summed E-state index contributed by atoms with van der Waals surface area (Å²) in [4.78, 5) is 15.3. The van der Waals surface area contributed by atoms with Crippen molar-refractivity contribution in [2.24, 2.45) is 0 Å².